The second kappa shape index (κ2) is 5.62. The third kappa shape index (κ3) is 2.79. The van der Waals surface area contributed by atoms with Gasteiger partial charge in [0.05, 0.1) is 5.69 Å². The van der Waals surface area contributed by atoms with Gasteiger partial charge in [-0.2, -0.15) is 0 Å². The Morgan fingerprint density at radius 2 is 2.26 bits per heavy atom. The smallest absolute Gasteiger partial charge is 0.281 e. The molecule has 2 heterocycles. The maximum atomic E-state index is 12.2. The number of hydrogen-bond acceptors (Lipinski definition) is 4. The van der Waals surface area contributed by atoms with E-state index in [1.807, 2.05) is 0 Å². The van der Waals surface area contributed by atoms with Gasteiger partial charge in [0, 0.05) is 12.8 Å². The molecular formula is C13H15N3O3. The van der Waals surface area contributed by atoms with E-state index in [1.54, 1.807) is 38.2 Å². The van der Waals surface area contributed by atoms with Crippen molar-refractivity contribution in [2.24, 2.45) is 0 Å². The summed E-state index contributed by atoms with van der Waals surface area (Å²) in [4.78, 5) is 28.1. The monoisotopic (exact) mass is 261 g/mol. The number of anilines is 1. The number of aryl methyl sites for hydroxylation is 1. The van der Waals surface area contributed by atoms with Crippen molar-refractivity contribution >= 4 is 17.2 Å². The Morgan fingerprint density at radius 1 is 1.47 bits per heavy atom. The summed E-state index contributed by atoms with van der Waals surface area (Å²) in [5.41, 5.74) is 0.926. The number of fused-ring (bicyclic) bond motifs is 1. The first kappa shape index (κ1) is 13.2. The zero-order chi connectivity index (χ0) is 13.8. The molecule has 0 saturated heterocycles. The number of nitrogens with zero attached hydrogens (tertiary/aromatic N) is 2. The van der Waals surface area contributed by atoms with E-state index < -0.39 is 0 Å². The third-order valence-corrected chi connectivity index (χ3v) is 2.62. The summed E-state index contributed by atoms with van der Waals surface area (Å²) in [6.07, 6.45) is 1.61. The SMILES string of the molecule is CCOCC(=O)Nc1c(C)nc2ccccn2c1=O. The summed E-state index contributed by atoms with van der Waals surface area (Å²) in [7, 11) is 0. The minimum Gasteiger partial charge on any atom is -0.372 e. The van der Waals surface area contributed by atoms with Crippen LogP contribution in [0.3, 0.4) is 0 Å². The number of aromatic nitrogens is 2. The predicted molar refractivity (Wildman–Crippen MR) is 71.3 cm³/mol. The quantitative estimate of drug-likeness (QED) is 0.890. The maximum Gasteiger partial charge on any atom is 0.281 e. The van der Waals surface area contributed by atoms with Gasteiger partial charge in [-0.05, 0) is 26.0 Å². The zero-order valence-electron chi connectivity index (χ0n) is 10.8. The van der Waals surface area contributed by atoms with Crippen molar-refractivity contribution in [1.29, 1.82) is 0 Å². The number of pyridine rings is 1. The van der Waals surface area contributed by atoms with Gasteiger partial charge in [-0.1, -0.05) is 6.07 Å². The second-order valence-corrected chi connectivity index (χ2v) is 3.99. The minimum absolute atomic E-state index is 0.0765. The van der Waals surface area contributed by atoms with Crippen molar-refractivity contribution in [2.75, 3.05) is 18.5 Å². The van der Waals surface area contributed by atoms with Gasteiger partial charge < -0.3 is 10.1 Å². The zero-order valence-corrected chi connectivity index (χ0v) is 10.8. The summed E-state index contributed by atoms with van der Waals surface area (Å²) in [5.74, 6) is -0.361. The van der Waals surface area contributed by atoms with Gasteiger partial charge in [0.25, 0.3) is 11.5 Å². The molecule has 0 saturated carbocycles. The summed E-state index contributed by atoms with van der Waals surface area (Å²) in [6.45, 7) is 3.85. The second-order valence-electron chi connectivity index (χ2n) is 3.99. The van der Waals surface area contributed by atoms with Gasteiger partial charge >= 0.3 is 0 Å². The first-order valence-corrected chi connectivity index (χ1v) is 5.99. The molecule has 0 aromatic carbocycles. The van der Waals surface area contributed by atoms with Crippen LogP contribution in [0.5, 0.6) is 0 Å². The molecule has 100 valence electrons. The average molecular weight is 261 g/mol. The highest BCUT2D eigenvalue weighted by molar-refractivity contribution is 5.92. The van der Waals surface area contributed by atoms with Crippen molar-refractivity contribution < 1.29 is 9.53 Å². The van der Waals surface area contributed by atoms with Crippen molar-refractivity contribution in [3.63, 3.8) is 0 Å². The molecular weight excluding hydrogens is 246 g/mol. The van der Waals surface area contributed by atoms with Crippen LogP contribution < -0.4 is 10.9 Å². The Hall–Kier alpha value is -2.21. The molecule has 0 spiro atoms. The van der Waals surface area contributed by atoms with Gasteiger partial charge in [-0.15, -0.1) is 0 Å². The lowest BCUT2D eigenvalue weighted by Gasteiger charge is -2.09. The Bertz CT molecular complexity index is 664. The van der Waals surface area contributed by atoms with Crippen LogP contribution in [0.1, 0.15) is 12.6 Å². The average Bonchev–Trinajstić information content (AvgIpc) is 2.41. The summed E-state index contributed by atoms with van der Waals surface area (Å²) >= 11 is 0. The van der Waals surface area contributed by atoms with Crippen molar-refractivity contribution in [2.45, 2.75) is 13.8 Å². The fraction of sp³-hybridized carbons (Fsp3) is 0.308. The molecule has 6 nitrogen and oxygen atoms in total. The highest BCUT2D eigenvalue weighted by Crippen LogP contribution is 2.08. The molecule has 1 N–H and O–H groups in total. The first-order valence-electron chi connectivity index (χ1n) is 5.99. The van der Waals surface area contributed by atoms with E-state index in [4.69, 9.17) is 4.74 Å². The molecule has 0 aliphatic heterocycles. The Morgan fingerprint density at radius 3 is 3.00 bits per heavy atom. The van der Waals surface area contributed by atoms with Crippen LogP contribution in [0.25, 0.3) is 5.65 Å². The molecule has 0 aliphatic carbocycles. The maximum absolute atomic E-state index is 12.2. The number of carbonyl (C=O) groups is 1. The van der Waals surface area contributed by atoms with Gasteiger partial charge in [0.15, 0.2) is 0 Å². The van der Waals surface area contributed by atoms with Gasteiger partial charge in [0.1, 0.15) is 17.9 Å². The lowest BCUT2D eigenvalue weighted by molar-refractivity contribution is -0.120. The number of ether oxygens (including phenoxy) is 1. The van der Waals surface area contributed by atoms with Crippen LogP contribution in [0.15, 0.2) is 29.2 Å². The van der Waals surface area contributed by atoms with E-state index in [2.05, 4.69) is 10.3 Å². The van der Waals surface area contributed by atoms with Crippen molar-refractivity contribution in [1.82, 2.24) is 9.38 Å². The molecule has 2 rings (SSSR count). The molecule has 6 heteroatoms. The Kier molecular flexibility index (Phi) is 3.91. The van der Waals surface area contributed by atoms with E-state index in [9.17, 15) is 9.59 Å². The number of nitrogens with one attached hydrogen (secondary N) is 1. The van der Waals surface area contributed by atoms with Crippen LogP contribution in [0.4, 0.5) is 5.69 Å². The molecule has 0 aliphatic rings. The van der Waals surface area contributed by atoms with Crippen LogP contribution in [0, 0.1) is 6.92 Å². The lowest BCUT2D eigenvalue weighted by Crippen LogP contribution is -2.27. The van der Waals surface area contributed by atoms with Crippen molar-refractivity contribution in [3.8, 4) is 0 Å². The fourth-order valence-electron chi connectivity index (χ4n) is 1.71. The first-order chi connectivity index (χ1) is 9.13. The van der Waals surface area contributed by atoms with E-state index in [0.29, 0.717) is 17.9 Å². The number of hydrogen-bond donors (Lipinski definition) is 1. The highest BCUT2D eigenvalue weighted by atomic mass is 16.5. The minimum atomic E-state index is -0.361. The number of carbonyl (C=O) groups excluding carboxylic acids is 1. The highest BCUT2D eigenvalue weighted by Gasteiger charge is 2.12. The van der Waals surface area contributed by atoms with Crippen LogP contribution >= 0.6 is 0 Å². The predicted octanol–water partition coefficient (Wildman–Crippen LogP) is 0.978. The molecule has 2 aromatic rings. The summed E-state index contributed by atoms with van der Waals surface area (Å²) in [5, 5.41) is 2.55. The van der Waals surface area contributed by atoms with Crippen LogP contribution in [-0.4, -0.2) is 28.5 Å². The molecule has 0 atom stereocenters. The largest absolute Gasteiger partial charge is 0.372 e. The molecule has 0 radical (unpaired) electrons. The number of amides is 1. The summed E-state index contributed by atoms with van der Waals surface area (Å²) < 4.78 is 6.39. The van der Waals surface area contributed by atoms with E-state index in [-0.39, 0.29) is 23.8 Å². The lowest BCUT2D eigenvalue weighted by atomic mass is 10.3. The standard InChI is InChI=1S/C13H15N3O3/c1-3-19-8-11(17)15-12-9(2)14-10-6-4-5-7-16(10)13(12)18/h4-7H,3,8H2,1-2H3,(H,15,17). The fourth-order valence-corrected chi connectivity index (χ4v) is 1.71. The summed E-state index contributed by atoms with van der Waals surface area (Å²) in [6, 6.07) is 5.27. The molecule has 1 amide bonds. The van der Waals surface area contributed by atoms with Gasteiger partial charge in [0.2, 0.25) is 0 Å². The normalized spacial score (nSPS) is 10.6. The molecule has 2 aromatic heterocycles. The molecule has 0 unspecified atom stereocenters. The molecule has 0 fully saturated rings. The molecule has 19 heavy (non-hydrogen) atoms. The van der Waals surface area contributed by atoms with Gasteiger partial charge in [-0.3, -0.25) is 14.0 Å². The van der Waals surface area contributed by atoms with E-state index in [0.717, 1.165) is 0 Å². The van der Waals surface area contributed by atoms with E-state index >= 15 is 0 Å². The van der Waals surface area contributed by atoms with Crippen LogP contribution in [-0.2, 0) is 9.53 Å². The Labute approximate surface area is 110 Å². The Balaban J connectivity index is 2.38. The topological polar surface area (TPSA) is 72.7 Å². The van der Waals surface area contributed by atoms with Crippen molar-refractivity contribution in [3.05, 3.63) is 40.4 Å². The van der Waals surface area contributed by atoms with E-state index in [1.165, 1.54) is 4.40 Å². The van der Waals surface area contributed by atoms with Gasteiger partial charge in [-0.25, -0.2) is 4.98 Å². The van der Waals surface area contributed by atoms with Crippen LogP contribution in [0.2, 0.25) is 0 Å². The number of rotatable bonds is 4. The third-order valence-electron chi connectivity index (χ3n) is 2.62. The molecule has 0 bridgehead atoms.